The van der Waals surface area contributed by atoms with Crippen LogP contribution in [-0.4, -0.2) is 75.3 Å². The molecule has 5 nitrogen and oxygen atoms in total. The lowest BCUT2D eigenvalue weighted by Crippen LogP contribution is -2.41. The Morgan fingerprint density at radius 1 is 1.21 bits per heavy atom. The number of hydrogen-bond acceptors (Lipinski definition) is 3. The fourth-order valence-corrected chi connectivity index (χ4v) is 3.72. The van der Waals surface area contributed by atoms with Gasteiger partial charge in [-0.05, 0) is 56.6 Å². The highest BCUT2D eigenvalue weighted by Gasteiger charge is 2.23. The van der Waals surface area contributed by atoms with Gasteiger partial charge in [0, 0.05) is 46.4 Å². The molecule has 29 heavy (non-hydrogen) atoms. The van der Waals surface area contributed by atoms with Crippen molar-refractivity contribution in [2.24, 2.45) is 16.8 Å². The summed E-state index contributed by atoms with van der Waals surface area (Å²) in [5, 5.41) is 3.43. The summed E-state index contributed by atoms with van der Waals surface area (Å²) in [6, 6.07) is 10.8. The lowest BCUT2D eigenvalue weighted by atomic mass is 10.1. The molecule has 2 aliphatic rings. The third kappa shape index (κ3) is 9.22. The minimum absolute atomic E-state index is 0. The molecule has 6 heteroatoms. The van der Waals surface area contributed by atoms with Crippen molar-refractivity contribution in [2.75, 3.05) is 59.5 Å². The number of aliphatic imine (C=N–C) groups is 1. The fraction of sp³-hybridized carbons (Fsp3) is 0.696. The van der Waals surface area contributed by atoms with Gasteiger partial charge >= 0.3 is 0 Å². The number of rotatable bonds is 11. The fourth-order valence-electron chi connectivity index (χ4n) is 3.72. The van der Waals surface area contributed by atoms with Gasteiger partial charge in [0.25, 0.3) is 0 Å². The van der Waals surface area contributed by atoms with Crippen LogP contribution in [0.5, 0.6) is 0 Å². The van der Waals surface area contributed by atoms with E-state index in [1.54, 1.807) is 0 Å². The summed E-state index contributed by atoms with van der Waals surface area (Å²) in [6.07, 6.45) is 5.10. The van der Waals surface area contributed by atoms with E-state index in [2.05, 4.69) is 59.4 Å². The summed E-state index contributed by atoms with van der Waals surface area (Å²) in [7, 11) is 2.11. The quantitative estimate of drug-likeness (QED) is 0.213. The SMILES string of the molecule is CCNC(=NCC1CCN(CCc2ccccc2)C1)N(C)CCOCC1CC1.I. The zero-order valence-electron chi connectivity index (χ0n) is 18.2. The molecule has 1 aliphatic heterocycles. The third-order valence-corrected chi connectivity index (χ3v) is 5.75. The Bertz CT molecular complexity index is 594. The number of halogens is 1. The molecule has 0 radical (unpaired) electrons. The zero-order chi connectivity index (χ0) is 19.6. The molecule has 2 fully saturated rings. The van der Waals surface area contributed by atoms with E-state index in [9.17, 15) is 0 Å². The first-order valence-electron chi connectivity index (χ1n) is 11.1. The molecule has 164 valence electrons. The Hall–Kier alpha value is -0.860. The van der Waals surface area contributed by atoms with E-state index in [0.717, 1.165) is 57.7 Å². The normalized spacial score (nSPS) is 19.8. The molecule has 1 aliphatic carbocycles. The van der Waals surface area contributed by atoms with Crippen LogP contribution in [0.15, 0.2) is 35.3 Å². The van der Waals surface area contributed by atoms with Crippen molar-refractivity contribution in [1.29, 1.82) is 0 Å². The highest BCUT2D eigenvalue weighted by molar-refractivity contribution is 14.0. The number of likely N-dealkylation sites (N-methyl/N-ethyl adjacent to an activating group) is 1. The Morgan fingerprint density at radius 2 is 2.00 bits per heavy atom. The van der Waals surface area contributed by atoms with Crippen molar-refractivity contribution in [3.63, 3.8) is 0 Å². The van der Waals surface area contributed by atoms with E-state index in [0.29, 0.717) is 5.92 Å². The lowest BCUT2D eigenvalue weighted by Gasteiger charge is -2.22. The van der Waals surface area contributed by atoms with Crippen LogP contribution in [0, 0.1) is 11.8 Å². The Kier molecular flexibility index (Phi) is 11.3. The smallest absolute Gasteiger partial charge is 0.193 e. The first-order chi connectivity index (χ1) is 13.7. The van der Waals surface area contributed by atoms with Gasteiger partial charge in [0.15, 0.2) is 5.96 Å². The zero-order valence-corrected chi connectivity index (χ0v) is 20.5. The summed E-state index contributed by atoms with van der Waals surface area (Å²) in [4.78, 5) is 9.72. The van der Waals surface area contributed by atoms with Gasteiger partial charge in [-0.15, -0.1) is 24.0 Å². The number of nitrogens with one attached hydrogen (secondary N) is 1. The second-order valence-corrected chi connectivity index (χ2v) is 8.33. The average Bonchev–Trinajstić information content (AvgIpc) is 3.44. The van der Waals surface area contributed by atoms with Gasteiger partial charge < -0.3 is 19.9 Å². The highest BCUT2D eigenvalue weighted by Crippen LogP contribution is 2.28. The highest BCUT2D eigenvalue weighted by atomic mass is 127. The van der Waals surface area contributed by atoms with Crippen molar-refractivity contribution < 1.29 is 4.74 Å². The number of ether oxygens (including phenoxy) is 1. The summed E-state index contributed by atoms with van der Waals surface area (Å²) in [5.41, 5.74) is 1.43. The van der Waals surface area contributed by atoms with Crippen LogP contribution < -0.4 is 5.32 Å². The summed E-state index contributed by atoms with van der Waals surface area (Å²) in [5.74, 6) is 2.52. The van der Waals surface area contributed by atoms with Crippen LogP contribution in [0.25, 0.3) is 0 Å². The van der Waals surface area contributed by atoms with Crippen LogP contribution in [0.3, 0.4) is 0 Å². The molecular weight excluding hydrogens is 475 g/mol. The summed E-state index contributed by atoms with van der Waals surface area (Å²) < 4.78 is 5.78. The van der Waals surface area contributed by atoms with Crippen molar-refractivity contribution in [1.82, 2.24) is 15.1 Å². The standard InChI is InChI=1S/C23H38N4O.HI/c1-3-24-23(26(2)15-16-28-19-21-9-10-21)25-17-22-12-14-27(18-22)13-11-20-7-5-4-6-8-20;/h4-8,21-22H,3,9-19H2,1-2H3,(H,24,25);1H. The van der Waals surface area contributed by atoms with Crippen LogP contribution in [0.1, 0.15) is 31.7 Å². The Balaban J connectivity index is 0.00000300. The van der Waals surface area contributed by atoms with E-state index in [1.807, 2.05) is 0 Å². The van der Waals surface area contributed by atoms with Crippen molar-refractivity contribution in [3.05, 3.63) is 35.9 Å². The predicted molar refractivity (Wildman–Crippen MR) is 132 cm³/mol. The van der Waals surface area contributed by atoms with Crippen molar-refractivity contribution in [3.8, 4) is 0 Å². The molecule has 1 aromatic carbocycles. The molecule has 0 aromatic heterocycles. The van der Waals surface area contributed by atoms with Gasteiger partial charge in [-0.25, -0.2) is 0 Å². The van der Waals surface area contributed by atoms with E-state index >= 15 is 0 Å². The molecule has 1 saturated carbocycles. The Morgan fingerprint density at radius 3 is 2.72 bits per heavy atom. The van der Waals surface area contributed by atoms with Gasteiger partial charge in [-0.1, -0.05) is 30.3 Å². The molecule has 1 unspecified atom stereocenters. The molecule has 0 bridgehead atoms. The van der Waals surface area contributed by atoms with Crippen molar-refractivity contribution >= 4 is 29.9 Å². The molecular formula is C23H39IN4O. The van der Waals surface area contributed by atoms with Crippen LogP contribution in [0.2, 0.25) is 0 Å². The van der Waals surface area contributed by atoms with Gasteiger partial charge in [0.1, 0.15) is 0 Å². The van der Waals surface area contributed by atoms with Crippen LogP contribution in [0.4, 0.5) is 0 Å². The molecule has 0 spiro atoms. The molecule has 1 atom stereocenters. The number of hydrogen-bond donors (Lipinski definition) is 1. The van der Waals surface area contributed by atoms with Crippen LogP contribution >= 0.6 is 24.0 Å². The first kappa shape index (κ1) is 24.4. The van der Waals surface area contributed by atoms with Gasteiger partial charge in [0.05, 0.1) is 6.61 Å². The van der Waals surface area contributed by atoms with Gasteiger partial charge in [0.2, 0.25) is 0 Å². The largest absolute Gasteiger partial charge is 0.379 e. The minimum atomic E-state index is 0. The number of benzene rings is 1. The summed E-state index contributed by atoms with van der Waals surface area (Å²) in [6.45, 7) is 10.1. The molecule has 1 N–H and O–H groups in total. The van der Waals surface area contributed by atoms with Gasteiger partial charge in [-0.3, -0.25) is 4.99 Å². The summed E-state index contributed by atoms with van der Waals surface area (Å²) >= 11 is 0. The number of guanidine groups is 1. The maximum atomic E-state index is 5.78. The number of likely N-dealkylation sites (tertiary alicyclic amines) is 1. The maximum absolute atomic E-state index is 5.78. The third-order valence-electron chi connectivity index (χ3n) is 5.75. The van der Waals surface area contributed by atoms with E-state index in [1.165, 1.54) is 37.9 Å². The monoisotopic (exact) mass is 514 g/mol. The van der Waals surface area contributed by atoms with E-state index in [-0.39, 0.29) is 24.0 Å². The van der Waals surface area contributed by atoms with Crippen molar-refractivity contribution in [2.45, 2.75) is 32.6 Å². The molecule has 3 rings (SSSR count). The maximum Gasteiger partial charge on any atom is 0.193 e. The molecule has 0 amide bonds. The molecule has 1 heterocycles. The first-order valence-corrected chi connectivity index (χ1v) is 11.1. The number of nitrogens with zero attached hydrogens (tertiary/aromatic N) is 3. The average molecular weight is 514 g/mol. The van der Waals surface area contributed by atoms with E-state index < -0.39 is 0 Å². The van der Waals surface area contributed by atoms with Gasteiger partial charge in [-0.2, -0.15) is 0 Å². The molecule has 1 saturated heterocycles. The second-order valence-electron chi connectivity index (χ2n) is 8.33. The Labute approximate surface area is 194 Å². The van der Waals surface area contributed by atoms with E-state index in [4.69, 9.17) is 9.73 Å². The predicted octanol–water partition coefficient (Wildman–Crippen LogP) is 3.49. The topological polar surface area (TPSA) is 40.1 Å². The lowest BCUT2D eigenvalue weighted by molar-refractivity contribution is 0.115. The second kappa shape index (κ2) is 13.4. The van der Waals surface area contributed by atoms with Crippen LogP contribution in [-0.2, 0) is 11.2 Å². The minimum Gasteiger partial charge on any atom is -0.379 e. The molecule has 1 aromatic rings.